The predicted molar refractivity (Wildman–Crippen MR) is 99.0 cm³/mol. The fourth-order valence-corrected chi connectivity index (χ4v) is 2.58. The highest BCUT2D eigenvalue weighted by Gasteiger charge is 2.07. The molecule has 0 unspecified atom stereocenters. The number of carbonyl (C=O) groups excluding carboxylic acids is 2. The highest BCUT2D eigenvalue weighted by molar-refractivity contribution is 8.00. The number of nitrogens with one attached hydrogen (secondary N) is 2. The van der Waals surface area contributed by atoms with E-state index in [-0.39, 0.29) is 23.3 Å². The first-order valence-corrected chi connectivity index (χ1v) is 8.67. The summed E-state index contributed by atoms with van der Waals surface area (Å²) >= 11 is 7.03. The molecule has 0 bridgehead atoms. The van der Waals surface area contributed by atoms with Gasteiger partial charge in [0.25, 0.3) is 0 Å². The number of hydrogen-bond acceptors (Lipinski definition) is 4. The second kappa shape index (κ2) is 9.20. The maximum absolute atomic E-state index is 11.8. The van der Waals surface area contributed by atoms with Gasteiger partial charge in [-0.2, -0.15) is 0 Å². The molecule has 24 heavy (non-hydrogen) atoms. The van der Waals surface area contributed by atoms with Gasteiger partial charge in [0.15, 0.2) is 0 Å². The van der Waals surface area contributed by atoms with Crippen LogP contribution in [0.4, 0.5) is 11.4 Å². The Morgan fingerprint density at radius 2 is 1.38 bits per heavy atom. The Balaban J connectivity index is 1.69. The lowest BCUT2D eigenvalue weighted by Gasteiger charge is -2.07. The first-order valence-electron chi connectivity index (χ1n) is 7.14. The van der Waals surface area contributed by atoms with Crippen LogP contribution in [0.15, 0.2) is 48.5 Å². The largest absolute Gasteiger partial charge is 0.497 e. The standard InChI is InChI=1S/C17H17ClN2O3S/c1-23-15-8-6-14(7-9-15)20-17(22)11-24-10-16(21)19-13-4-2-12(18)3-5-13/h2-9H,10-11H2,1H3,(H,19,21)(H,20,22). The minimum atomic E-state index is -0.167. The molecule has 0 saturated carbocycles. The zero-order valence-electron chi connectivity index (χ0n) is 13.0. The van der Waals surface area contributed by atoms with Crippen LogP contribution < -0.4 is 15.4 Å². The summed E-state index contributed by atoms with van der Waals surface area (Å²) in [4.78, 5) is 23.6. The van der Waals surface area contributed by atoms with E-state index < -0.39 is 0 Å². The molecule has 2 aromatic rings. The van der Waals surface area contributed by atoms with Gasteiger partial charge < -0.3 is 15.4 Å². The molecule has 0 radical (unpaired) electrons. The maximum Gasteiger partial charge on any atom is 0.234 e. The first kappa shape index (κ1) is 18.2. The van der Waals surface area contributed by atoms with E-state index >= 15 is 0 Å². The normalized spacial score (nSPS) is 10.1. The molecule has 0 heterocycles. The molecule has 0 atom stereocenters. The number of anilines is 2. The molecule has 0 aliphatic rings. The highest BCUT2D eigenvalue weighted by Crippen LogP contribution is 2.16. The van der Waals surface area contributed by atoms with Crippen LogP contribution in [-0.4, -0.2) is 30.4 Å². The van der Waals surface area contributed by atoms with Gasteiger partial charge in [0.2, 0.25) is 11.8 Å². The van der Waals surface area contributed by atoms with Crippen LogP contribution in [0, 0.1) is 0 Å². The summed E-state index contributed by atoms with van der Waals surface area (Å²) in [5, 5.41) is 6.11. The van der Waals surface area contributed by atoms with Crippen LogP contribution >= 0.6 is 23.4 Å². The summed E-state index contributed by atoms with van der Waals surface area (Å²) in [6.45, 7) is 0. The highest BCUT2D eigenvalue weighted by atomic mass is 35.5. The van der Waals surface area contributed by atoms with E-state index in [9.17, 15) is 9.59 Å². The summed E-state index contributed by atoms with van der Waals surface area (Å²) in [6, 6.07) is 13.9. The smallest absolute Gasteiger partial charge is 0.234 e. The van der Waals surface area contributed by atoms with Crippen LogP contribution in [0.3, 0.4) is 0 Å². The maximum atomic E-state index is 11.8. The molecule has 126 valence electrons. The fraction of sp³-hybridized carbons (Fsp3) is 0.176. The van der Waals surface area contributed by atoms with Crippen LogP contribution in [0.5, 0.6) is 5.75 Å². The van der Waals surface area contributed by atoms with E-state index in [0.29, 0.717) is 16.4 Å². The molecule has 5 nitrogen and oxygen atoms in total. The molecule has 0 fully saturated rings. The van der Waals surface area contributed by atoms with E-state index in [0.717, 1.165) is 5.75 Å². The van der Waals surface area contributed by atoms with Gasteiger partial charge in [0, 0.05) is 16.4 Å². The number of hydrogen-bond donors (Lipinski definition) is 2. The lowest BCUT2D eigenvalue weighted by molar-refractivity contribution is -0.114. The molecule has 0 aliphatic heterocycles. The van der Waals surface area contributed by atoms with Crippen LogP contribution in [0.1, 0.15) is 0 Å². The van der Waals surface area contributed by atoms with E-state index in [1.807, 2.05) is 0 Å². The molecule has 7 heteroatoms. The van der Waals surface area contributed by atoms with Gasteiger partial charge in [-0.15, -0.1) is 11.8 Å². The number of carbonyl (C=O) groups is 2. The summed E-state index contributed by atoms with van der Waals surface area (Å²) in [7, 11) is 1.58. The minimum Gasteiger partial charge on any atom is -0.497 e. The molecule has 2 rings (SSSR count). The first-order chi connectivity index (χ1) is 11.6. The van der Waals surface area contributed by atoms with E-state index in [1.165, 1.54) is 11.8 Å². The molecule has 0 saturated heterocycles. The van der Waals surface area contributed by atoms with Gasteiger partial charge in [-0.05, 0) is 48.5 Å². The second-order valence-electron chi connectivity index (χ2n) is 4.82. The van der Waals surface area contributed by atoms with Crippen LogP contribution in [0.2, 0.25) is 5.02 Å². The SMILES string of the molecule is COc1ccc(NC(=O)CSCC(=O)Nc2ccc(Cl)cc2)cc1. The third-order valence-corrected chi connectivity index (χ3v) is 4.15. The van der Waals surface area contributed by atoms with Gasteiger partial charge in [-0.25, -0.2) is 0 Å². The van der Waals surface area contributed by atoms with E-state index in [4.69, 9.17) is 16.3 Å². The summed E-state index contributed by atoms with van der Waals surface area (Å²) in [5.41, 5.74) is 1.36. The molecular formula is C17H17ClN2O3S. The van der Waals surface area contributed by atoms with Crippen molar-refractivity contribution in [3.63, 3.8) is 0 Å². The Bertz CT molecular complexity index is 690. The topological polar surface area (TPSA) is 67.4 Å². The number of ether oxygens (including phenoxy) is 1. The zero-order chi connectivity index (χ0) is 17.4. The molecule has 0 aliphatic carbocycles. The average molecular weight is 365 g/mol. The quantitative estimate of drug-likeness (QED) is 0.786. The van der Waals surface area contributed by atoms with E-state index in [2.05, 4.69) is 10.6 Å². The lowest BCUT2D eigenvalue weighted by Crippen LogP contribution is -2.18. The summed E-state index contributed by atoms with van der Waals surface area (Å²) < 4.78 is 5.05. The number of halogens is 1. The number of methoxy groups -OCH3 is 1. The summed E-state index contributed by atoms with van der Waals surface area (Å²) in [5.74, 6) is 0.781. The van der Waals surface area contributed by atoms with Crippen molar-refractivity contribution in [1.82, 2.24) is 0 Å². The van der Waals surface area contributed by atoms with Crippen molar-refractivity contribution in [2.24, 2.45) is 0 Å². The van der Waals surface area contributed by atoms with Crippen molar-refractivity contribution in [3.05, 3.63) is 53.6 Å². The van der Waals surface area contributed by atoms with Gasteiger partial charge in [0.1, 0.15) is 5.75 Å². The Labute approximate surface area is 149 Å². The molecular weight excluding hydrogens is 348 g/mol. The Hall–Kier alpha value is -2.18. The van der Waals surface area contributed by atoms with Crippen molar-refractivity contribution >= 4 is 46.6 Å². The monoisotopic (exact) mass is 364 g/mol. The third kappa shape index (κ3) is 6.14. The van der Waals surface area contributed by atoms with E-state index in [1.54, 1.807) is 55.6 Å². The second-order valence-corrected chi connectivity index (χ2v) is 6.25. The number of benzene rings is 2. The van der Waals surface area contributed by atoms with Gasteiger partial charge in [-0.3, -0.25) is 9.59 Å². The Morgan fingerprint density at radius 3 is 1.83 bits per heavy atom. The Morgan fingerprint density at radius 1 is 0.917 bits per heavy atom. The van der Waals surface area contributed by atoms with Crippen molar-refractivity contribution in [2.75, 3.05) is 29.2 Å². The molecule has 0 aromatic heterocycles. The lowest BCUT2D eigenvalue weighted by atomic mass is 10.3. The molecule has 2 aromatic carbocycles. The van der Waals surface area contributed by atoms with Crippen LogP contribution in [-0.2, 0) is 9.59 Å². The molecule has 0 spiro atoms. The molecule has 2 N–H and O–H groups in total. The molecule has 2 amide bonds. The van der Waals surface area contributed by atoms with Crippen molar-refractivity contribution < 1.29 is 14.3 Å². The zero-order valence-corrected chi connectivity index (χ0v) is 14.6. The number of thioether (sulfide) groups is 1. The third-order valence-electron chi connectivity index (χ3n) is 2.97. The van der Waals surface area contributed by atoms with Gasteiger partial charge in [-0.1, -0.05) is 11.6 Å². The van der Waals surface area contributed by atoms with Crippen molar-refractivity contribution in [3.8, 4) is 5.75 Å². The van der Waals surface area contributed by atoms with Crippen LogP contribution in [0.25, 0.3) is 0 Å². The number of amides is 2. The van der Waals surface area contributed by atoms with Crippen molar-refractivity contribution in [1.29, 1.82) is 0 Å². The minimum absolute atomic E-state index is 0.163. The Kier molecular flexibility index (Phi) is 6.96. The number of rotatable bonds is 7. The summed E-state index contributed by atoms with van der Waals surface area (Å²) in [6.07, 6.45) is 0. The van der Waals surface area contributed by atoms with Gasteiger partial charge >= 0.3 is 0 Å². The van der Waals surface area contributed by atoms with Crippen molar-refractivity contribution in [2.45, 2.75) is 0 Å². The van der Waals surface area contributed by atoms with Gasteiger partial charge in [0.05, 0.1) is 18.6 Å². The predicted octanol–water partition coefficient (Wildman–Crippen LogP) is 3.66. The average Bonchev–Trinajstić information content (AvgIpc) is 2.57. The fourth-order valence-electron chi connectivity index (χ4n) is 1.84.